The summed E-state index contributed by atoms with van der Waals surface area (Å²) >= 11 is 0. The molecule has 11 heteroatoms. The molecule has 0 aliphatic carbocycles. The highest BCUT2D eigenvalue weighted by Gasteiger charge is 2.49. The first-order valence-electron chi connectivity index (χ1n) is 13.8. The maximum Gasteiger partial charge on any atom is 0.303 e. The molecule has 0 unspecified atom stereocenters. The van der Waals surface area contributed by atoms with Crippen LogP contribution in [0.4, 0.5) is 23.4 Å². The van der Waals surface area contributed by atoms with E-state index in [-0.39, 0.29) is 45.6 Å². The van der Waals surface area contributed by atoms with Crippen LogP contribution in [0, 0.1) is 18.6 Å². The average molecular weight is 579 g/mol. The third-order valence-electron chi connectivity index (χ3n) is 7.64. The molecule has 0 bridgehead atoms. The quantitative estimate of drug-likeness (QED) is 0.266. The Kier molecular flexibility index (Phi) is 8.71. The van der Waals surface area contributed by atoms with Gasteiger partial charge in [-0.25, -0.2) is 18.7 Å². The van der Waals surface area contributed by atoms with Crippen molar-refractivity contribution in [2.45, 2.75) is 84.0 Å². The van der Waals surface area contributed by atoms with Crippen LogP contribution >= 0.6 is 0 Å². The summed E-state index contributed by atoms with van der Waals surface area (Å²) in [6, 6.07) is 4.85. The molecule has 3 aromatic rings. The van der Waals surface area contributed by atoms with E-state index in [0.29, 0.717) is 12.6 Å². The highest BCUT2D eigenvalue weighted by atomic mass is 19.3. The van der Waals surface area contributed by atoms with Gasteiger partial charge in [0.15, 0.2) is 17.3 Å². The van der Waals surface area contributed by atoms with Crippen LogP contribution < -0.4 is 14.8 Å². The predicted octanol–water partition coefficient (Wildman–Crippen LogP) is 6.51. The van der Waals surface area contributed by atoms with Crippen molar-refractivity contribution in [2.24, 2.45) is 0 Å². The number of nitrogens with one attached hydrogen (secondary N) is 1. The van der Waals surface area contributed by atoms with Gasteiger partial charge >= 0.3 is 5.92 Å². The van der Waals surface area contributed by atoms with E-state index in [4.69, 9.17) is 9.47 Å². The van der Waals surface area contributed by atoms with Crippen molar-refractivity contribution in [1.29, 1.82) is 0 Å². The van der Waals surface area contributed by atoms with Gasteiger partial charge in [-0.3, -0.25) is 4.90 Å². The van der Waals surface area contributed by atoms with Crippen LogP contribution in [0.2, 0.25) is 0 Å². The van der Waals surface area contributed by atoms with Crippen molar-refractivity contribution in [3.8, 4) is 11.5 Å². The first-order chi connectivity index (χ1) is 19.2. The van der Waals surface area contributed by atoms with Crippen LogP contribution in [0.15, 0.2) is 24.3 Å². The lowest BCUT2D eigenvalue weighted by molar-refractivity contribution is -0.170. The molecule has 1 aliphatic rings. The summed E-state index contributed by atoms with van der Waals surface area (Å²) in [7, 11) is 1.35. The molecule has 41 heavy (non-hydrogen) atoms. The molecule has 0 radical (unpaired) electrons. The molecule has 2 aromatic carbocycles. The maximum absolute atomic E-state index is 15.7. The number of benzene rings is 2. The van der Waals surface area contributed by atoms with Gasteiger partial charge in [0, 0.05) is 23.0 Å². The number of aryl methyl sites for hydroxylation is 1. The minimum atomic E-state index is -3.85. The fourth-order valence-corrected chi connectivity index (χ4v) is 5.35. The number of anilines is 1. The van der Waals surface area contributed by atoms with Gasteiger partial charge in [0.05, 0.1) is 18.7 Å². The lowest BCUT2D eigenvalue weighted by Crippen LogP contribution is -2.41. The third-order valence-corrected chi connectivity index (χ3v) is 7.64. The maximum atomic E-state index is 15.7. The number of fused-ring (bicyclic) bond motifs is 1. The number of aliphatic hydroxyl groups is 1. The van der Waals surface area contributed by atoms with Crippen molar-refractivity contribution in [2.75, 3.05) is 25.6 Å². The number of methoxy groups -OCH3 is 1. The Labute approximate surface area is 237 Å². The van der Waals surface area contributed by atoms with E-state index in [9.17, 15) is 13.9 Å². The van der Waals surface area contributed by atoms with Crippen LogP contribution in [-0.4, -0.2) is 57.9 Å². The van der Waals surface area contributed by atoms with Crippen molar-refractivity contribution >= 4 is 16.7 Å². The molecule has 4 rings (SSSR count). The van der Waals surface area contributed by atoms with Crippen molar-refractivity contribution in [1.82, 2.24) is 14.9 Å². The lowest BCUT2D eigenvalue weighted by atomic mass is 9.91. The fourth-order valence-electron chi connectivity index (χ4n) is 5.35. The first-order valence-corrected chi connectivity index (χ1v) is 13.8. The zero-order valence-corrected chi connectivity index (χ0v) is 24.5. The first kappa shape index (κ1) is 30.8. The smallest absolute Gasteiger partial charge is 0.303 e. The van der Waals surface area contributed by atoms with Crippen LogP contribution in [-0.2, 0) is 5.92 Å². The molecule has 1 fully saturated rings. The van der Waals surface area contributed by atoms with Crippen LogP contribution in [0.5, 0.6) is 11.5 Å². The molecule has 2 heterocycles. The second-order valence-electron chi connectivity index (χ2n) is 11.4. The number of aromatic nitrogens is 2. The van der Waals surface area contributed by atoms with Gasteiger partial charge < -0.3 is 19.9 Å². The van der Waals surface area contributed by atoms with Crippen molar-refractivity contribution in [3.63, 3.8) is 0 Å². The molecular weight excluding hydrogens is 540 g/mol. The summed E-state index contributed by atoms with van der Waals surface area (Å²) in [4.78, 5) is 11.0. The molecule has 0 saturated carbocycles. The van der Waals surface area contributed by atoms with E-state index in [1.54, 1.807) is 19.9 Å². The number of alkyl halides is 2. The van der Waals surface area contributed by atoms with E-state index in [0.717, 1.165) is 39.3 Å². The summed E-state index contributed by atoms with van der Waals surface area (Å²) in [6.45, 7) is 10.5. The molecule has 7 nitrogen and oxygen atoms in total. The molecule has 0 spiro atoms. The topological polar surface area (TPSA) is 79.7 Å². The Balaban J connectivity index is 1.72. The lowest BCUT2D eigenvalue weighted by Gasteiger charge is -2.30. The van der Waals surface area contributed by atoms with Gasteiger partial charge in [-0.2, -0.15) is 8.78 Å². The molecule has 1 saturated heterocycles. The van der Waals surface area contributed by atoms with E-state index >= 15 is 8.78 Å². The summed E-state index contributed by atoms with van der Waals surface area (Å²) in [5.41, 5.74) is -3.50. The molecule has 224 valence electrons. The number of ether oxygens (including phenoxy) is 2. The average Bonchev–Trinajstić information content (AvgIpc) is 3.36. The van der Waals surface area contributed by atoms with Crippen LogP contribution in [0.25, 0.3) is 10.9 Å². The molecule has 1 aromatic heterocycles. The van der Waals surface area contributed by atoms with Crippen LogP contribution in [0.1, 0.15) is 70.5 Å². The van der Waals surface area contributed by atoms with E-state index in [2.05, 4.69) is 34.0 Å². The van der Waals surface area contributed by atoms with Gasteiger partial charge in [0.1, 0.15) is 35.2 Å². The van der Waals surface area contributed by atoms with Gasteiger partial charge in [-0.1, -0.05) is 12.1 Å². The number of hydrogen-bond donors (Lipinski definition) is 2. The van der Waals surface area contributed by atoms with Gasteiger partial charge in [-0.05, 0) is 73.1 Å². The van der Waals surface area contributed by atoms with Crippen molar-refractivity contribution < 1.29 is 32.1 Å². The summed E-state index contributed by atoms with van der Waals surface area (Å²) in [5.74, 6) is -5.23. The normalized spacial score (nSPS) is 17.3. The van der Waals surface area contributed by atoms with Crippen LogP contribution in [0.3, 0.4) is 0 Å². The Bertz CT molecular complexity index is 1410. The SMILES string of the molecule is COc1c(OC[C@@H]2CCCN2C(C)C)cc2c(N[C@H](C)c3cccc(C(F)(F)C(C)(C)O)c3F)nc(C)nc2c1F. The zero-order chi connectivity index (χ0) is 30.3. The highest BCUT2D eigenvalue weighted by Crippen LogP contribution is 2.42. The molecule has 2 N–H and O–H groups in total. The fraction of sp³-hybridized carbons (Fsp3) is 0.533. The largest absolute Gasteiger partial charge is 0.490 e. The number of halogens is 4. The summed E-state index contributed by atoms with van der Waals surface area (Å²) in [5, 5.41) is 13.3. The third kappa shape index (κ3) is 5.92. The molecule has 0 amide bonds. The Morgan fingerprint density at radius 2 is 1.85 bits per heavy atom. The minimum absolute atomic E-state index is 0.0242. The number of likely N-dealkylation sites (tertiary alicyclic amines) is 1. The van der Waals surface area contributed by atoms with Crippen molar-refractivity contribution in [3.05, 3.63) is 52.9 Å². The summed E-state index contributed by atoms with van der Waals surface area (Å²) in [6.07, 6.45) is 2.01. The van der Waals surface area contributed by atoms with E-state index in [1.807, 2.05) is 0 Å². The van der Waals surface area contributed by atoms with Gasteiger partial charge in [-0.15, -0.1) is 0 Å². The Morgan fingerprint density at radius 3 is 2.49 bits per heavy atom. The number of rotatable bonds is 10. The Hall–Kier alpha value is -3.18. The molecular formula is C30H38F4N4O3. The van der Waals surface area contributed by atoms with E-state index in [1.165, 1.54) is 19.2 Å². The second-order valence-corrected chi connectivity index (χ2v) is 11.4. The highest BCUT2D eigenvalue weighted by molar-refractivity contribution is 5.92. The zero-order valence-electron chi connectivity index (χ0n) is 24.5. The number of nitrogens with zero attached hydrogens (tertiary/aromatic N) is 3. The predicted molar refractivity (Wildman–Crippen MR) is 150 cm³/mol. The Morgan fingerprint density at radius 1 is 1.15 bits per heavy atom. The molecule has 1 aliphatic heterocycles. The second kappa shape index (κ2) is 11.6. The summed E-state index contributed by atoms with van der Waals surface area (Å²) < 4.78 is 72.4. The molecule has 2 atom stereocenters. The van der Waals surface area contributed by atoms with Gasteiger partial charge in [0.2, 0.25) is 0 Å². The monoisotopic (exact) mass is 578 g/mol. The standard InChI is InChI=1S/C30H38F4N4O3/c1-16(2)38-13-9-10-19(38)15-41-23-14-21-26(25(32)27(23)40-7)36-18(4)37-28(21)35-17(3)20-11-8-12-22(24(20)31)30(33,34)29(5,6)39/h8,11-12,14,16-17,19,39H,9-10,13,15H2,1-7H3,(H,35,36,37)/t17-,19+/m1/s1. The van der Waals surface area contributed by atoms with E-state index < -0.39 is 34.8 Å². The number of hydrogen-bond acceptors (Lipinski definition) is 7. The minimum Gasteiger partial charge on any atom is -0.490 e. The van der Waals surface area contributed by atoms with Gasteiger partial charge in [0.25, 0.3) is 0 Å².